The summed E-state index contributed by atoms with van der Waals surface area (Å²) < 4.78 is 37.5. The summed E-state index contributed by atoms with van der Waals surface area (Å²) in [6.07, 6.45) is -4.49. The molecule has 0 aliphatic carbocycles. The lowest BCUT2D eigenvalue weighted by Crippen LogP contribution is -2.19. The van der Waals surface area contributed by atoms with Gasteiger partial charge in [-0.15, -0.1) is 11.3 Å². The zero-order valence-corrected chi connectivity index (χ0v) is 12.0. The maximum absolute atomic E-state index is 12.5. The van der Waals surface area contributed by atoms with E-state index in [1.807, 2.05) is 12.3 Å². The van der Waals surface area contributed by atoms with Crippen LogP contribution in [0, 0.1) is 0 Å². The minimum Gasteiger partial charge on any atom is -0.304 e. The second-order valence-electron chi connectivity index (χ2n) is 4.16. The van der Waals surface area contributed by atoms with E-state index < -0.39 is 11.9 Å². The Bertz CT molecular complexity index is 572. The highest BCUT2D eigenvalue weighted by Gasteiger charge is 2.33. The smallest absolute Gasteiger partial charge is 0.304 e. The second-order valence-corrected chi connectivity index (χ2v) is 5.23. The molecule has 108 valence electrons. The van der Waals surface area contributed by atoms with Crippen molar-refractivity contribution in [2.45, 2.75) is 25.7 Å². The lowest BCUT2D eigenvalue weighted by atomic mass is 10.1. The van der Waals surface area contributed by atoms with Crippen LogP contribution in [0.2, 0.25) is 5.15 Å². The number of aromatic nitrogens is 2. The zero-order valence-electron chi connectivity index (χ0n) is 10.4. The van der Waals surface area contributed by atoms with Crippen LogP contribution in [0.1, 0.15) is 29.9 Å². The number of alkyl halides is 3. The van der Waals surface area contributed by atoms with Gasteiger partial charge in [0, 0.05) is 23.5 Å². The van der Waals surface area contributed by atoms with Gasteiger partial charge in [0.1, 0.15) is 10.8 Å². The van der Waals surface area contributed by atoms with Gasteiger partial charge in [-0.25, -0.2) is 9.97 Å². The van der Waals surface area contributed by atoms with Crippen molar-refractivity contribution in [3.05, 3.63) is 45.1 Å². The van der Waals surface area contributed by atoms with E-state index in [2.05, 4.69) is 15.3 Å². The van der Waals surface area contributed by atoms with Crippen LogP contribution in [0.5, 0.6) is 0 Å². The molecule has 8 heteroatoms. The highest BCUT2D eigenvalue weighted by Crippen LogP contribution is 2.31. The van der Waals surface area contributed by atoms with Gasteiger partial charge in [0.25, 0.3) is 0 Å². The molecule has 0 aliphatic rings. The highest BCUT2D eigenvalue weighted by atomic mass is 35.5. The average molecular weight is 322 g/mol. The highest BCUT2D eigenvalue weighted by molar-refractivity contribution is 7.07. The third-order valence-electron chi connectivity index (χ3n) is 2.71. The van der Waals surface area contributed by atoms with Crippen LogP contribution < -0.4 is 5.32 Å². The summed E-state index contributed by atoms with van der Waals surface area (Å²) in [7, 11) is 0. The van der Waals surface area contributed by atoms with Gasteiger partial charge in [-0.2, -0.15) is 13.2 Å². The number of hydrogen-bond acceptors (Lipinski definition) is 4. The molecule has 0 spiro atoms. The van der Waals surface area contributed by atoms with Crippen molar-refractivity contribution in [1.82, 2.24) is 15.3 Å². The van der Waals surface area contributed by atoms with Crippen LogP contribution in [0.3, 0.4) is 0 Å². The first kappa shape index (κ1) is 15.2. The Morgan fingerprint density at radius 2 is 2.15 bits per heavy atom. The summed E-state index contributed by atoms with van der Waals surface area (Å²) in [5.41, 5.74) is 2.12. The molecule has 1 N–H and O–H groups in total. The number of rotatable bonds is 4. The van der Waals surface area contributed by atoms with Gasteiger partial charge in [-0.05, 0) is 13.0 Å². The van der Waals surface area contributed by atoms with Crippen LogP contribution in [-0.4, -0.2) is 9.97 Å². The van der Waals surface area contributed by atoms with Crippen molar-refractivity contribution in [1.29, 1.82) is 0 Å². The molecule has 2 heterocycles. The zero-order chi connectivity index (χ0) is 14.8. The van der Waals surface area contributed by atoms with Gasteiger partial charge in [-0.3, -0.25) is 0 Å². The Morgan fingerprint density at radius 1 is 1.40 bits per heavy atom. The Morgan fingerprint density at radius 3 is 2.70 bits per heavy atom. The molecule has 2 aromatic rings. The minimum atomic E-state index is -4.49. The standard InChI is InChI=1S/C12H11ClF3N3S/c1-7(17-4-8-5-20-6-18-8)9-2-3-10(12(14,15)16)19-11(9)13/h2-3,5-7,17H,4H2,1H3. The van der Waals surface area contributed by atoms with Crippen molar-refractivity contribution in [2.75, 3.05) is 0 Å². The van der Waals surface area contributed by atoms with E-state index in [4.69, 9.17) is 11.6 Å². The summed E-state index contributed by atoms with van der Waals surface area (Å²) >= 11 is 7.31. The number of nitrogens with zero attached hydrogens (tertiary/aromatic N) is 2. The van der Waals surface area contributed by atoms with Crippen molar-refractivity contribution in [3.8, 4) is 0 Å². The second kappa shape index (κ2) is 6.07. The van der Waals surface area contributed by atoms with E-state index in [1.54, 1.807) is 5.51 Å². The third-order valence-corrected chi connectivity index (χ3v) is 3.65. The minimum absolute atomic E-state index is 0.141. The maximum atomic E-state index is 12.5. The monoisotopic (exact) mass is 321 g/mol. The predicted octanol–water partition coefficient (Wildman–Crippen LogP) is 4.06. The molecule has 0 amide bonds. The van der Waals surface area contributed by atoms with Gasteiger partial charge in [0.15, 0.2) is 0 Å². The lowest BCUT2D eigenvalue weighted by molar-refractivity contribution is -0.141. The molecule has 0 saturated heterocycles. The molecule has 3 nitrogen and oxygen atoms in total. The quantitative estimate of drug-likeness (QED) is 0.863. The molecular formula is C12H11ClF3N3S. The maximum Gasteiger partial charge on any atom is 0.433 e. The molecule has 1 unspecified atom stereocenters. The summed E-state index contributed by atoms with van der Waals surface area (Å²) in [5, 5.41) is 4.89. The van der Waals surface area contributed by atoms with E-state index >= 15 is 0 Å². The van der Waals surface area contributed by atoms with Crippen molar-refractivity contribution in [3.63, 3.8) is 0 Å². The van der Waals surface area contributed by atoms with Gasteiger partial charge < -0.3 is 5.32 Å². The summed E-state index contributed by atoms with van der Waals surface area (Å²) in [4.78, 5) is 7.51. The third kappa shape index (κ3) is 3.68. The Kier molecular flexibility index (Phi) is 4.62. The predicted molar refractivity (Wildman–Crippen MR) is 71.6 cm³/mol. The van der Waals surface area contributed by atoms with Crippen LogP contribution in [0.15, 0.2) is 23.0 Å². The number of pyridine rings is 1. The Labute approximate surface area is 122 Å². The Balaban J connectivity index is 2.08. The van der Waals surface area contributed by atoms with E-state index in [0.29, 0.717) is 12.1 Å². The van der Waals surface area contributed by atoms with Gasteiger partial charge in [-0.1, -0.05) is 17.7 Å². The van der Waals surface area contributed by atoms with Crippen molar-refractivity contribution in [2.24, 2.45) is 0 Å². The van der Waals surface area contributed by atoms with Crippen LogP contribution in [0.4, 0.5) is 13.2 Å². The van der Waals surface area contributed by atoms with Crippen LogP contribution >= 0.6 is 22.9 Å². The fourth-order valence-corrected chi connectivity index (χ4v) is 2.49. The topological polar surface area (TPSA) is 37.8 Å². The molecule has 1 atom stereocenters. The largest absolute Gasteiger partial charge is 0.433 e. The molecular weight excluding hydrogens is 311 g/mol. The summed E-state index contributed by atoms with van der Waals surface area (Å²) in [6, 6.07) is 2.05. The van der Waals surface area contributed by atoms with Crippen LogP contribution in [0.25, 0.3) is 0 Å². The van der Waals surface area contributed by atoms with E-state index in [0.717, 1.165) is 11.8 Å². The lowest BCUT2D eigenvalue weighted by Gasteiger charge is -2.15. The van der Waals surface area contributed by atoms with Gasteiger partial charge >= 0.3 is 6.18 Å². The number of thiazole rings is 1. The molecule has 20 heavy (non-hydrogen) atoms. The molecule has 0 fully saturated rings. The molecule has 0 aliphatic heterocycles. The number of nitrogens with one attached hydrogen (secondary N) is 1. The van der Waals surface area contributed by atoms with Gasteiger partial charge in [0.05, 0.1) is 11.2 Å². The molecule has 0 bridgehead atoms. The van der Waals surface area contributed by atoms with Gasteiger partial charge in [0.2, 0.25) is 0 Å². The number of hydrogen-bond donors (Lipinski definition) is 1. The first-order valence-electron chi connectivity index (χ1n) is 5.72. The summed E-state index contributed by atoms with van der Waals surface area (Å²) in [5.74, 6) is 0. The normalized spacial score (nSPS) is 13.4. The Hall–Kier alpha value is -1.18. The fraction of sp³-hybridized carbons (Fsp3) is 0.333. The fourth-order valence-electron chi connectivity index (χ4n) is 1.62. The van der Waals surface area contributed by atoms with Crippen molar-refractivity contribution >= 4 is 22.9 Å². The van der Waals surface area contributed by atoms with E-state index in [1.165, 1.54) is 17.4 Å². The summed E-state index contributed by atoms with van der Waals surface area (Å²) in [6.45, 7) is 2.32. The van der Waals surface area contributed by atoms with Crippen molar-refractivity contribution < 1.29 is 13.2 Å². The van der Waals surface area contributed by atoms with Crippen LogP contribution in [-0.2, 0) is 12.7 Å². The molecule has 0 saturated carbocycles. The average Bonchev–Trinajstić information content (AvgIpc) is 2.87. The first-order valence-corrected chi connectivity index (χ1v) is 7.04. The van der Waals surface area contributed by atoms with E-state index in [-0.39, 0.29) is 11.2 Å². The first-order chi connectivity index (χ1) is 9.38. The SMILES string of the molecule is CC(NCc1cscn1)c1ccc(C(F)(F)F)nc1Cl. The molecule has 2 rings (SSSR count). The number of halogens is 4. The molecule has 2 aromatic heterocycles. The molecule has 0 aromatic carbocycles. The molecule has 0 radical (unpaired) electrons. The van der Waals surface area contributed by atoms with E-state index in [9.17, 15) is 13.2 Å².